The molecule has 1 unspecified atom stereocenters. The SMILES string of the molecule is CCCNC(CC)c1nnc(-c2cc(C)ccc2OC)s1. The van der Waals surface area contributed by atoms with Crippen LogP contribution < -0.4 is 10.1 Å². The Morgan fingerprint density at radius 1 is 1.29 bits per heavy atom. The van der Waals surface area contributed by atoms with Crippen LogP contribution in [-0.4, -0.2) is 23.9 Å². The van der Waals surface area contributed by atoms with Gasteiger partial charge in [0, 0.05) is 0 Å². The molecule has 114 valence electrons. The van der Waals surface area contributed by atoms with Crippen LogP contribution >= 0.6 is 11.3 Å². The number of nitrogens with one attached hydrogen (secondary N) is 1. The van der Waals surface area contributed by atoms with Gasteiger partial charge < -0.3 is 10.1 Å². The Morgan fingerprint density at radius 2 is 2.10 bits per heavy atom. The van der Waals surface area contributed by atoms with Gasteiger partial charge in [-0.15, -0.1) is 10.2 Å². The van der Waals surface area contributed by atoms with Crippen LogP contribution in [0.3, 0.4) is 0 Å². The molecule has 1 heterocycles. The van der Waals surface area contributed by atoms with Crippen molar-refractivity contribution in [1.29, 1.82) is 0 Å². The molecule has 2 rings (SSSR count). The standard InChI is InChI=1S/C16H23N3OS/c1-5-9-17-13(6-2)16-19-18-15(21-16)12-10-11(3)7-8-14(12)20-4/h7-8,10,13,17H,5-6,9H2,1-4H3. The van der Waals surface area contributed by atoms with E-state index in [9.17, 15) is 0 Å². The molecule has 21 heavy (non-hydrogen) atoms. The molecule has 0 saturated carbocycles. The normalized spacial score (nSPS) is 12.4. The molecule has 0 fully saturated rings. The van der Waals surface area contributed by atoms with Gasteiger partial charge in [0.25, 0.3) is 0 Å². The number of ether oxygens (including phenoxy) is 1. The monoisotopic (exact) mass is 305 g/mol. The van der Waals surface area contributed by atoms with Gasteiger partial charge in [-0.3, -0.25) is 0 Å². The molecule has 1 atom stereocenters. The smallest absolute Gasteiger partial charge is 0.151 e. The van der Waals surface area contributed by atoms with Gasteiger partial charge in [-0.25, -0.2) is 0 Å². The highest BCUT2D eigenvalue weighted by molar-refractivity contribution is 7.14. The number of nitrogens with zero attached hydrogens (tertiary/aromatic N) is 2. The molecule has 5 heteroatoms. The van der Waals surface area contributed by atoms with Crippen LogP contribution in [0.15, 0.2) is 18.2 Å². The van der Waals surface area contributed by atoms with Crippen LogP contribution in [0, 0.1) is 6.92 Å². The van der Waals surface area contributed by atoms with Crippen molar-refractivity contribution in [2.45, 2.75) is 39.7 Å². The lowest BCUT2D eigenvalue weighted by Crippen LogP contribution is -2.21. The Labute approximate surface area is 130 Å². The fourth-order valence-electron chi connectivity index (χ4n) is 2.20. The lowest BCUT2D eigenvalue weighted by Gasteiger charge is -2.12. The second-order valence-electron chi connectivity index (χ2n) is 5.06. The minimum Gasteiger partial charge on any atom is -0.496 e. The summed E-state index contributed by atoms with van der Waals surface area (Å²) in [6.07, 6.45) is 2.13. The Bertz CT molecular complexity index is 583. The van der Waals surface area contributed by atoms with Crippen molar-refractivity contribution in [3.63, 3.8) is 0 Å². The molecule has 1 aromatic carbocycles. The van der Waals surface area contributed by atoms with Gasteiger partial charge >= 0.3 is 0 Å². The summed E-state index contributed by atoms with van der Waals surface area (Å²) in [5.74, 6) is 0.845. The summed E-state index contributed by atoms with van der Waals surface area (Å²) < 4.78 is 5.44. The van der Waals surface area contributed by atoms with Gasteiger partial charge in [-0.1, -0.05) is 36.8 Å². The summed E-state index contributed by atoms with van der Waals surface area (Å²) in [5.41, 5.74) is 2.21. The molecule has 4 nitrogen and oxygen atoms in total. The first kappa shape index (κ1) is 15.9. The molecule has 1 aromatic heterocycles. The van der Waals surface area contributed by atoms with E-state index >= 15 is 0 Å². The van der Waals surface area contributed by atoms with Gasteiger partial charge in [-0.2, -0.15) is 0 Å². The lowest BCUT2D eigenvalue weighted by molar-refractivity contribution is 0.416. The summed E-state index contributed by atoms with van der Waals surface area (Å²) >= 11 is 1.64. The summed E-state index contributed by atoms with van der Waals surface area (Å²) in [7, 11) is 1.69. The zero-order valence-electron chi connectivity index (χ0n) is 13.1. The number of benzene rings is 1. The third-order valence-corrected chi connectivity index (χ3v) is 4.44. The second kappa shape index (κ2) is 7.52. The van der Waals surface area contributed by atoms with Gasteiger partial charge in [0.05, 0.1) is 18.7 Å². The highest BCUT2D eigenvalue weighted by Gasteiger charge is 2.17. The van der Waals surface area contributed by atoms with Gasteiger partial charge in [0.2, 0.25) is 0 Å². The lowest BCUT2D eigenvalue weighted by atomic mass is 10.1. The summed E-state index contributed by atoms with van der Waals surface area (Å²) in [5, 5.41) is 14.2. The number of hydrogen-bond donors (Lipinski definition) is 1. The second-order valence-corrected chi connectivity index (χ2v) is 6.07. The molecule has 0 amide bonds. The average Bonchev–Trinajstić information content (AvgIpc) is 2.97. The average molecular weight is 305 g/mol. The van der Waals surface area contributed by atoms with Gasteiger partial charge in [0.15, 0.2) is 5.01 Å². The molecule has 0 radical (unpaired) electrons. The van der Waals surface area contributed by atoms with E-state index in [2.05, 4.69) is 42.4 Å². The molecular formula is C16H23N3OS. The molecular weight excluding hydrogens is 282 g/mol. The molecule has 0 bridgehead atoms. The maximum Gasteiger partial charge on any atom is 0.151 e. The predicted molar refractivity (Wildman–Crippen MR) is 88.0 cm³/mol. The molecule has 0 aliphatic carbocycles. The van der Waals surface area contributed by atoms with Crippen LogP contribution in [0.2, 0.25) is 0 Å². The van der Waals surface area contributed by atoms with Gasteiger partial charge in [0.1, 0.15) is 10.8 Å². The first-order valence-electron chi connectivity index (χ1n) is 7.41. The highest BCUT2D eigenvalue weighted by atomic mass is 32.1. The number of methoxy groups -OCH3 is 1. The van der Waals surface area contributed by atoms with Crippen molar-refractivity contribution in [2.24, 2.45) is 0 Å². The maximum atomic E-state index is 5.44. The van der Waals surface area contributed by atoms with Crippen molar-refractivity contribution in [1.82, 2.24) is 15.5 Å². The van der Waals surface area contributed by atoms with E-state index in [0.717, 1.165) is 40.7 Å². The third-order valence-electron chi connectivity index (χ3n) is 3.37. The van der Waals surface area contributed by atoms with E-state index in [1.807, 2.05) is 12.1 Å². The van der Waals surface area contributed by atoms with Crippen LogP contribution in [0.5, 0.6) is 5.75 Å². The number of hydrogen-bond acceptors (Lipinski definition) is 5. The van der Waals surface area contributed by atoms with E-state index in [1.165, 1.54) is 5.56 Å². The maximum absolute atomic E-state index is 5.44. The molecule has 0 aliphatic rings. The van der Waals surface area contributed by atoms with Crippen LogP contribution in [-0.2, 0) is 0 Å². The quantitative estimate of drug-likeness (QED) is 0.840. The van der Waals surface area contributed by atoms with E-state index in [1.54, 1.807) is 18.4 Å². The number of aryl methyl sites for hydroxylation is 1. The van der Waals surface area contributed by atoms with E-state index in [4.69, 9.17) is 4.74 Å². The fourth-order valence-corrected chi connectivity index (χ4v) is 3.22. The Morgan fingerprint density at radius 3 is 2.76 bits per heavy atom. The minimum atomic E-state index is 0.284. The predicted octanol–water partition coefficient (Wildman–Crippen LogP) is 3.97. The van der Waals surface area contributed by atoms with Crippen molar-refractivity contribution in [3.8, 4) is 16.3 Å². The van der Waals surface area contributed by atoms with E-state index in [0.29, 0.717) is 0 Å². The molecule has 0 aliphatic heterocycles. The number of aromatic nitrogens is 2. The first-order chi connectivity index (χ1) is 10.2. The van der Waals surface area contributed by atoms with Crippen molar-refractivity contribution >= 4 is 11.3 Å². The highest BCUT2D eigenvalue weighted by Crippen LogP contribution is 2.34. The molecule has 0 saturated heterocycles. The van der Waals surface area contributed by atoms with E-state index in [-0.39, 0.29) is 6.04 Å². The molecule has 1 N–H and O–H groups in total. The minimum absolute atomic E-state index is 0.284. The van der Waals surface area contributed by atoms with Crippen LogP contribution in [0.4, 0.5) is 0 Å². The first-order valence-corrected chi connectivity index (χ1v) is 8.23. The zero-order valence-corrected chi connectivity index (χ0v) is 14.0. The van der Waals surface area contributed by atoms with Crippen molar-refractivity contribution in [3.05, 3.63) is 28.8 Å². The van der Waals surface area contributed by atoms with Gasteiger partial charge in [-0.05, 0) is 38.4 Å². The number of rotatable bonds is 7. The summed E-state index contributed by atoms with van der Waals surface area (Å²) in [4.78, 5) is 0. The largest absolute Gasteiger partial charge is 0.496 e. The third kappa shape index (κ3) is 3.80. The molecule has 0 spiro atoms. The Hall–Kier alpha value is -1.46. The van der Waals surface area contributed by atoms with Crippen molar-refractivity contribution < 1.29 is 4.74 Å². The summed E-state index contributed by atoms with van der Waals surface area (Å²) in [6, 6.07) is 6.41. The summed E-state index contributed by atoms with van der Waals surface area (Å²) in [6.45, 7) is 7.41. The Balaban J connectivity index is 2.28. The van der Waals surface area contributed by atoms with Crippen LogP contribution in [0.25, 0.3) is 10.6 Å². The fraction of sp³-hybridized carbons (Fsp3) is 0.500. The van der Waals surface area contributed by atoms with E-state index < -0.39 is 0 Å². The topological polar surface area (TPSA) is 47.0 Å². The molecule has 2 aromatic rings. The Kier molecular flexibility index (Phi) is 5.70. The van der Waals surface area contributed by atoms with Crippen LogP contribution in [0.1, 0.15) is 43.3 Å². The van der Waals surface area contributed by atoms with Crippen molar-refractivity contribution in [2.75, 3.05) is 13.7 Å². The zero-order chi connectivity index (χ0) is 15.2.